The molecule has 0 saturated carbocycles. The minimum Gasteiger partial charge on any atom is -0.352 e. The predicted octanol–water partition coefficient (Wildman–Crippen LogP) is 3.39. The highest BCUT2D eigenvalue weighted by atomic mass is 127. The van der Waals surface area contributed by atoms with Gasteiger partial charge in [0.15, 0.2) is 5.96 Å². The van der Waals surface area contributed by atoms with Crippen molar-refractivity contribution < 1.29 is 0 Å². The molecule has 2 N–H and O–H groups in total. The lowest BCUT2D eigenvalue weighted by atomic mass is 10.1. The smallest absolute Gasteiger partial charge is 0.191 e. The first-order valence-electron chi connectivity index (χ1n) is 6.01. The minimum absolute atomic E-state index is 0. The SMILES string of the molecule is CCc1ccc(CNC(=NC)NC(C)(C)C)s1.I. The summed E-state index contributed by atoms with van der Waals surface area (Å²) in [6, 6.07) is 4.38. The molecule has 0 aliphatic rings. The van der Waals surface area contributed by atoms with Crippen LogP contribution in [0.1, 0.15) is 37.4 Å². The van der Waals surface area contributed by atoms with Gasteiger partial charge in [-0.05, 0) is 39.3 Å². The maximum atomic E-state index is 4.21. The lowest BCUT2D eigenvalue weighted by Crippen LogP contribution is -2.47. The maximum absolute atomic E-state index is 4.21. The highest BCUT2D eigenvalue weighted by Crippen LogP contribution is 2.16. The van der Waals surface area contributed by atoms with Crippen LogP contribution in [0.25, 0.3) is 0 Å². The van der Waals surface area contributed by atoms with Crippen molar-refractivity contribution in [3.05, 3.63) is 21.9 Å². The second-order valence-corrected chi connectivity index (χ2v) is 6.28. The summed E-state index contributed by atoms with van der Waals surface area (Å²) in [6.07, 6.45) is 1.11. The van der Waals surface area contributed by atoms with Gasteiger partial charge < -0.3 is 10.6 Å². The van der Waals surface area contributed by atoms with E-state index >= 15 is 0 Å². The number of guanidine groups is 1. The summed E-state index contributed by atoms with van der Waals surface area (Å²) in [5.74, 6) is 0.851. The van der Waals surface area contributed by atoms with Gasteiger partial charge in [-0.25, -0.2) is 0 Å². The quantitative estimate of drug-likeness (QED) is 0.478. The third-order valence-electron chi connectivity index (χ3n) is 2.21. The van der Waals surface area contributed by atoms with Crippen molar-refractivity contribution in [1.82, 2.24) is 10.6 Å². The molecule has 0 saturated heterocycles. The summed E-state index contributed by atoms with van der Waals surface area (Å²) < 4.78 is 0. The van der Waals surface area contributed by atoms with E-state index in [9.17, 15) is 0 Å². The Morgan fingerprint density at radius 1 is 1.28 bits per heavy atom. The van der Waals surface area contributed by atoms with E-state index < -0.39 is 0 Å². The van der Waals surface area contributed by atoms with Gasteiger partial charge in [0.2, 0.25) is 0 Å². The zero-order chi connectivity index (χ0) is 12.9. The first kappa shape index (κ1) is 17.7. The van der Waals surface area contributed by atoms with E-state index in [-0.39, 0.29) is 29.5 Å². The number of aliphatic imine (C=N–C) groups is 1. The normalized spacial score (nSPS) is 11.9. The van der Waals surface area contributed by atoms with E-state index in [0.29, 0.717) is 0 Å². The number of thiophene rings is 1. The number of aryl methyl sites for hydroxylation is 1. The van der Waals surface area contributed by atoms with Crippen LogP contribution in [0.3, 0.4) is 0 Å². The van der Waals surface area contributed by atoms with Gasteiger partial charge in [-0.1, -0.05) is 6.92 Å². The number of halogens is 1. The summed E-state index contributed by atoms with van der Waals surface area (Å²) in [4.78, 5) is 6.99. The second kappa shape index (κ2) is 7.99. The fourth-order valence-electron chi connectivity index (χ4n) is 1.41. The number of nitrogens with one attached hydrogen (secondary N) is 2. The molecule has 0 fully saturated rings. The van der Waals surface area contributed by atoms with Crippen molar-refractivity contribution in [2.45, 2.75) is 46.2 Å². The molecule has 1 aromatic heterocycles. The molecule has 104 valence electrons. The summed E-state index contributed by atoms with van der Waals surface area (Å²) in [5, 5.41) is 6.67. The molecule has 1 aromatic rings. The van der Waals surface area contributed by atoms with Gasteiger partial charge in [0.05, 0.1) is 6.54 Å². The number of hydrogen-bond donors (Lipinski definition) is 2. The van der Waals surface area contributed by atoms with Crippen LogP contribution in [0.15, 0.2) is 17.1 Å². The van der Waals surface area contributed by atoms with E-state index in [1.807, 2.05) is 11.3 Å². The van der Waals surface area contributed by atoms with Crippen LogP contribution in [0.2, 0.25) is 0 Å². The standard InChI is InChI=1S/C13H23N3S.HI/c1-6-10-7-8-11(17-10)9-15-12(14-5)16-13(2,3)4;/h7-8H,6,9H2,1-5H3,(H2,14,15,16);1H. The fraction of sp³-hybridized carbons (Fsp3) is 0.615. The second-order valence-electron chi connectivity index (χ2n) is 5.02. The average molecular weight is 381 g/mol. The van der Waals surface area contributed by atoms with Crippen molar-refractivity contribution in [1.29, 1.82) is 0 Å². The Morgan fingerprint density at radius 3 is 2.33 bits per heavy atom. The lowest BCUT2D eigenvalue weighted by molar-refractivity contribution is 0.501. The molecule has 0 radical (unpaired) electrons. The molecular weight excluding hydrogens is 357 g/mol. The molecule has 0 atom stereocenters. The van der Waals surface area contributed by atoms with Gasteiger partial charge in [-0.15, -0.1) is 35.3 Å². The van der Waals surface area contributed by atoms with Crippen molar-refractivity contribution in [3.63, 3.8) is 0 Å². The van der Waals surface area contributed by atoms with Crippen molar-refractivity contribution in [2.24, 2.45) is 4.99 Å². The molecule has 18 heavy (non-hydrogen) atoms. The predicted molar refractivity (Wildman–Crippen MR) is 92.2 cm³/mol. The molecule has 5 heteroatoms. The highest BCUT2D eigenvalue weighted by molar-refractivity contribution is 14.0. The molecule has 0 aliphatic heterocycles. The Morgan fingerprint density at radius 2 is 1.89 bits per heavy atom. The minimum atomic E-state index is 0. The molecule has 0 bridgehead atoms. The van der Waals surface area contributed by atoms with Crippen LogP contribution in [-0.4, -0.2) is 18.5 Å². The molecule has 1 rings (SSSR count). The molecular formula is C13H24IN3S. The molecule has 0 aliphatic carbocycles. The van der Waals surface area contributed by atoms with Gasteiger partial charge in [0.1, 0.15) is 0 Å². The molecule has 3 nitrogen and oxygen atoms in total. The van der Waals surface area contributed by atoms with Crippen molar-refractivity contribution >= 4 is 41.3 Å². The Kier molecular flexibility index (Phi) is 7.86. The van der Waals surface area contributed by atoms with E-state index in [2.05, 4.69) is 55.5 Å². The Bertz CT molecular complexity index is 380. The van der Waals surface area contributed by atoms with Crippen LogP contribution in [-0.2, 0) is 13.0 Å². The van der Waals surface area contributed by atoms with Crippen LogP contribution in [0.5, 0.6) is 0 Å². The molecule has 0 spiro atoms. The van der Waals surface area contributed by atoms with Crippen LogP contribution in [0.4, 0.5) is 0 Å². The largest absolute Gasteiger partial charge is 0.352 e. The summed E-state index contributed by atoms with van der Waals surface area (Å²) in [5.41, 5.74) is 0.0336. The Balaban J connectivity index is 0.00000289. The summed E-state index contributed by atoms with van der Waals surface area (Å²) in [7, 11) is 1.80. The average Bonchev–Trinajstić information content (AvgIpc) is 2.70. The first-order chi connectivity index (χ1) is 7.94. The molecule has 0 unspecified atom stereocenters. The summed E-state index contributed by atoms with van der Waals surface area (Å²) >= 11 is 1.86. The van der Waals surface area contributed by atoms with Gasteiger partial charge >= 0.3 is 0 Å². The zero-order valence-corrected chi connectivity index (χ0v) is 15.0. The van der Waals surface area contributed by atoms with Crippen LogP contribution < -0.4 is 10.6 Å². The van der Waals surface area contributed by atoms with E-state index in [1.54, 1.807) is 7.05 Å². The lowest BCUT2D eigenvalue weighted by Gasteiger charge is -2.23. The topological polar surface area (TPSA) is 36.4 Å². The third-order valence-corrected chi connectivity index (χ3v) is 3.44. The van der Waals surface area contributed by atoms with Crippen LogP contribution >= 0.6 is 35.3 Å². The molecule has 0 amide bonds. The number of rotatable bonds is 3. The number of hydrogen-bond acceptors (Lipinski definition) is 2. The fourth-order valence-corrected chi connectivity index (χ4v) is 2.31. The highest BCUT2D eigenvalue weighted by Gasteiger charge is 2.11. The van der Waals surface area contributed by atoms with E-state index in [0.717, 1.165) is 18.9 Å². The third kappa shape index (κ3) is 6.58. The zero-order valence-electron chi connectivity index (χ0n) is 11.8. The molecule has 1 heterocycles. The van der Waals surface area contributed by atoms with Gasteiger partial charge in [0.25, 0.3) is 0 Å². The van der Waals surface area contributed by atoms with Crippen LogP contribution in [0, 0.1) is 0 Å². The van der Waals surface area contributed by atoms with Gasteiger partial charge in [-0.3, -0.25) is 4.99 Å². The molecule has 0 aromatic carbocycles. The maximum Gasteiger partial charge on any atom is 0.191 e. The number of nitrogens with zero attached hydrogens (tertiary/aromatic N) is 1. The van der Waals surface area contributed by atoms with Gasteiger partial charge in [0, 0.05) is 22.3 Å². The van der Waals surface area contributed by atoms with E-state index in [4.69, 9.17) is 0 Å². The first-order valence-corrected chi connectivity index (χ1v) is 6.82. The Hall–Kier alpha value is -0.300. The summed E-state index contributed by atoms with van der Waals surface area (Å²) in [6.45, 7) is 9.39. The van der Waals surface area contributed by atoms with E-state index in [1.165, 1.54) is 9.75 Å². The van der Waals surface area contributed by atoms with Crippen molar-refractivity contribution in [2.75, 3.05) is 7.05 Å². The van der Waals surface area contributed by atoms with Crippen molar-refractivity contribution in [3.8, 4) is 0 Å². The van der Waals surface area contributed by atoms with Gasteiger partial charge in [-0.2, -0.15) is 0 Å². The monoisotopic (exact) mass is 381 g/mol. The Labute approximate surface area is 131 Å².